The van der Waals surface area contributed by atoms with Crippen molar-refractivity contribution in [3.63, 3.8) is 0 Å². The number of likely N-dealkylation sites (N-methyl/N-ethyl adjacent to an activating group) is 1. The first-order chi connectivity index (χ1) is 29.8. The third kappa shape index (κ3) is 11.1. The molecule has 0 radical (unpaired) electrons. The summed E-state index contributed by atoms with van der Waals surface area (Å²) in [5, 5.41) is 32.7. The summed E-state index contributed by atoms with van der Waals surface area (Å²) in [6.07, 6.45) is -4.48. The number of oxime groups is 2. The van der Waals surface area contributed by atoms with Gasteiger partial charge in [0.05, 0.1) is 43.3 Å². The van der Waals surface area contributed by atoms with Crippen LogP contribution < -0.4 is 4.84 Å². The lowest BCUT2D eigenvalue weighted by Gasteiger charge is -2.47. The zero-order valence-electron chi connectivity index (χ0n) is 38.0. The number of benzene rings is 1. The van der Waals surface area contributed by atoms with E-state index in [1.54, 1.807) is 39.1 Å². The van der Waals surface area contributed by atoms with Crippen LogP contribution in [0.25, 0.3) is 0 Å². The van der Waals surface area contributed by atoms with Gasteiger partial charge in [0.1, 0.15) is 29.4 Å². The molecule has 17 heteroatoms. The fourth-order valence-corrected chi connectivity index (χ4v) is 10.2. The first-order valence-electron chi connectivity index (χ1n) is 21.9. The van der Waals surface area contributed by atoms with E-state index in [4.69, 9.17) is 38.4 Å². The molecule has 6 rings (SSSR count). The van der Waals surface area contributed by atoms with E-state index in [1.165, 1.54) is 25.2 Å². The van der Waals surface area contributed by atoms with Crippen molar-refractivity contribution in [1.82, 2.24) is 4.90 Å². The topological polar surface area (TPSA) is 197 Å². The first-order valence-corrected chi connectivity index (χ1v) is 22.7. The lowest BCUT2D eigenvalue weighted by atomic mass is 9.73. The summed E-state index contributed by atoms with van der Waals surface area (Å²) in [6, 6.07) is 12.6. The van der Waals surface area contributed by atoms with E-state index in [-0.39, 0.29) is 50.3 Å². The summed E-state index contributed by atoms with van der Waals surface area (Å²) in [5.74, 6) is -4.91. The Morgan fingerprint density at radius 2 is 1.75 bits per heavy atom. The number of aliphatic hydroxyl groups excluding tert-OH is 1. The number of ketones is 1. The normalized spacial score (nSPS) is 38.2. The molecule has 0 aliphatic carbocycles. The number of para-hydroxylation sites is 1. The van der Waals surface area contributed by atoms with Crippen LogP contribution in [0.3, 0.4) is 0 Å². The smallest absolute Gasteiger partial charge is 0.316 e. The molecule has 3 fully saturated rings. The summed E-state index contributed by atoms with van der Waals surface area (Å²) in [7, 11) is 3.74. The maximum atomic E-state index is 14.5. The van der Waals surface area contributed by atoms with Gasteiger partial charge in [-0.15, -0.1) is 11.3 Å². The molecule has 346 valence electrons. The Balaban J connectivity index is 1.43. The van der Waals surface area contributed by atoms with Crippen LogP contribution in [0.2, 0.25) is 0 Å². The minimum atomic E-state index is -1.84. The zero-order chi connectivity index (χ0) is 45.8. The van der Waals surface area contributed by atoms with Crippen molar-refractivity contribution in [2.45, 2.75) is 141 Å². The van der Waals surface area contributed by atoms with Gasteiger partial charge in [0, 0.05) is 39.8 Å². The second-order valence-electron chi connectivity index (χ2n) is 18.1. The van der Waals surface area contributed by atoms with Gasteiger partial charge in [-0.3, -0.25) is 14.4 Å². The molecule has 1 aromatic heterocycles. The molecule has 4 aliphatic rings. The van der Waals surface area contributed by atoms with Gasteiger partial charge in [0.15, 0.2) is 17.8 Å². The highest BCUT2D eigenvalue weighted by Crippen LogP contribution is 2.40. The van der Waals surface area contributed by atoms with Crippen LogP contribution in [0, 0.1) is 23.7 Å². The van der Waals surface area contributed by atoms with Gasteiger partial charge in [0.25, 0.3) is 5.91 Å². The third-order valence-corrected chi connectivity index (χ3v) is 13.9. The van der Waals surface area contributed by atoms with Crippen molar-refractivity contribution in [2.24, 2.45) is 39.0 Å². The van der Waals surface area contributed by atoms with Gasteiger partial charge >= 0.3 is 5.97 Å². The van der Waals surface area contributed by atoms with E-state index in [0.717, 1.165) is 9.75 Å². The minimum Gasteiger partial charge on any atom is -0.459 e. The third-order valence-electron chi connectivity index (χ3n) is 12.8. The molecule has 16 nitrogen and oxygen atoms in total. The Bertz CT molecular complexity index is 2010. The molecule has 14 atom stereocenters. The lowest BCUT2D eigenvalue weighted by molar-refractivity contribution is -0.296. The van der Waals surface area contributed by atoms with E-state index >= 15 is 0 Å². The number of fused-ring (bicyclic) bond motifs is 4. The lowest BCUT2D eigenvalue weighted by Crippen LogP contribution is -2.60. The Kier molecular flexibility index (Phi) is 15.8. The van der Waals surface area contributed by atoms with Crippen LogP contribution >= 0.6 is 11.3 Å². The number of thiophene rings is 1. The first kappa shape index (κ1) is 48.5. The summed E-state index contributed by atoms with van der Waals surface area (Å²) >= 11 is 1.41. The fourth-order valence-electron chi connectivity index (χ4n) is 9.31. The molecule has 3 saturated heterocycles. The van der Waals surface area contributed by atoms with E-state index in [1.807, 2.05) is 70.1 Å². The van der Waals surface area contributed by atoms with Gasteiger partial charge in [-0.2, -0.15) is 0 Å². The van der Waals surface area contributed by atoms with E-state index in [2.05, 4.69) is 10.3 Å². The summed E-state index contributed by atoms with van der Waals surface area (Å²) < 4.78 is 32.5. The molecular weight excluding hydrogens is 833 g/mol. The Labute approximate surface area is 373 Å². The van der Waals surface area contributed by atoms with Crippen molar-refractivity contribution in [3.05, 3.63) is 52.2 Å². The van der Waals surface area contributed by atoms with E-state index in [9.17, 15) is 24.6 Å². The monoisotopic (exact) mass is 896 g/mol. The number of rotatable bonds is 9. The molecule has 4 bridgehead atoms. The van der Waals surface area contributed by atoms with E-state index < -0.39 is 89.3 Å². The maximum absolute atomic E-state index is 14.5. The number of nitrogens with zero attached hydrogens (tertiary/aromatic N) is 4. The predicted molar refractivity (Wildman–Crippen MR) is 236 cm³/mol. The maximum Gasteiger partial charge on any atom is 0.316 e. The number of ether oxygens (including phenoxy) is 5. The highest BCUT2D eigenvalue weighted by atomic mass is 32.1. The second-order valence-corrected chi connectivity index (χ2v) is 19.3. The van der Waals surface area contributed by atoms with Gasteiger partial charge in [-0.1, -0.05) is 56.2 Å². The average Bonchev–Trinajstić information content (AvgIpc) is 3.68. The zero-order valence-corrected chi connectivity index (χ0v) is 38.8. The molecule has 5 heterocycles. The SMILES string of the molecule is CC[C@H]1OC(=O)[C@H](C)C(=O)[C@H](C)[C@@H](O[C@@H]2O[C@H](C)C[C@H](N(C)C)[C@H]2O)[C@@]2(C)C[C@@H](C)C3=NC(=O)C(Cc4ccc(/C=N/Oc5ccccc5)s4)O/N=C(\CO[C@@H]([C@@H]3C)[C@]1(C)O)CO2. The Morgan fingerprint density at radius 3 is 2.44 bits per heavy atom. The summed E-state index contributed by atoms with van der Waals surface area (Å²) in [4.78, 5) is 62.8. The number of aliphatic imine (C=N–C) groups is 1. The molecular formula is C46H64N4O12S. The number of carbonyl (C=O) groups excluding carboxylic acids is 3. The minimum absolute atomic E-state index is 0.130. The number of hydrogen-bond acceptors (Lipinski definition) is 16. The highest BCUT2D eigenvalue weighted by Gasteiger charge is 2.53. The van der Waals surface area contributed by atoms with Crippen LogP contribution in [-0.4, -0.2) is 138 Å². The number of carbonyl (C=O) groups is 3. The summed E-state index contributed by atoms with van der Waals surface area (Å²) in [6.45, 7) is 13.4. The summed E-state index contributed by atoms with van der Waals surface area (Å²) in [5.41, 5.74) is -2.61. The molecule has 63 heavy (non-hydrogen) atoms. The van der Waals surface area contributed by atoms with Gasteiger partial charge in [0.2, 0.25) is 6.10 Å². The number of esters is 1. The number of amides is 1. The Morgan fingerprint density at radius 1 is 1.02 bits per heavy atom. The Hall–Kier alpha value is -3.94. The van der Waals surface area contributed by atoms with Gasteiger partial charge in [-0.05, 0) is 91.2 Å². The van der Waals surface area contributed by atoms with Crippen molar-refractivity contribution in [2.75, 3.05) is 27.3 Å². The standard InChI is InChI=1S/C46H64N4O12S/c1-11-36-46(8,55)41-27(4)37-25(2)21-45(7,40(28(5)38(51)29(6)43(54)59-36)60-44-39(52)34(50(9)10)19-26(3)58-44)57-24-30(23-56-41)49-62-35(42(53)48-37)20-32-17-18-33(63-32)22-47-61-31-15-13-12-14-16-31/h12-18,22,25-29,34-36,39-41,44,52,55H,11,19-21,23-24H2,1-10H3/b47-22+,48-37?,49-30+/t25-,26-,27-,28+,29-,34+,35?,36-,39-,40-,41+,44+,45-,46-/m1/s1. The number of cyclic esters (lactones) is 1. The molecule has 1 amide bonds. The van der Waals surface area contributed by atoms with Gasteiger partial charge in [-0.25, -0.2) is 4.99 Å². The fraction of sp³-hybridized carbons (Fsp3) is 0.652. The second kappa shape index (κ2) is 20.5. The average molecular weight is 897 g/mol. The van der Waals surface area contributed by atoms with Crippen LogP contribution in [-0.2, 0) is 49.3 Å². The van der Waals surface area contributed by atoms with Crippen LogP contribution in [0.1, 0.15) is 84.4 Å². The van der Waals surface area contributed by atoms with Crippen LogP contribution in [0.5, 0.6) is 5.75 Å². The quantitative estimate of drug-likeness (QED) is 0.148. The van der Waals surface area contributed by atoms with Crippen LogP contribution in [0.4, 0.5) is 0 Å². The molecule has 2 N–H and O–H groups in total. The number of Topliss-reactive ketones (excluding diaryl/α,β-unsaturated/α-hetero) is 1. The van der Waals surface area contributed by atoms with E-state index in [0.29, 0.717) is 17.9 Å². The molecule has 0 saturated carbocycles. The molecule has 2 aromatic rings. The number of aliphatic hydroxyl groups is 2. The molecule has 1 aromatic carbocycles. The van der Waals surface area contributed by atoms with Crippen molar-refractivity contribution in [1.29, 1.82) is 0 Å². The largest absolute Gasteiger partial charge is 0.459 e. The molecule has 1 unspecified atom stereocenters. The van der Waals surface area contributed by atoms with Crippen molar-refractivity contribution >= 4 is 46.6 Å². The molecule has 4 aliphatic heterocycles. The van der Waals surface area contributed by atoms with Gasteiger partial charge < -0.3 is 48.5 Å². The molecule has 0 spiro atoms. The van der Waals surface area contributed by atoms with Crippen molar-refractivity contribution < 1.29 is 58.0 Å². The predicted octanol–water partition coefficient (Wildman–Crippen LogP) is 5.00. The van der Waals surface area contributed by atoms with Crippen LogP contribution in [0.15, 0.2) is 57.8 Å². The highest BCUT2D eigenvalue weighted by molar-refractivity contribution is 7.13. The van der Waals surface area contributed by atoms with Crippen molar-refractivity contribution in [3.8, 4) is 5.75 Å². The number of hydrogen-bond donors (Lipinski definition) is 2.